The van der Waals surface area contributed by atoms with Crippen LogP contribution in [0.25, 0.3) is 0 Å². The molecule has 0 saturated carbocycles. The summed E-state index contributed by atoms with van der Waals surface area (Å²) in [4.78, 5) is 18.4. The molecule has 0 atom stereocenters. The first-order valence-electron chi connectivity index (χ1n) is 10.1. The van der Waals surface area contributed by atoms with Crippen LogP contribution in [-0.4, -0.2) is 47.3 Å². The van der Waals surface area contributed by atoms with Crippen molar-refractivity contribution in [3.05, 3.63) is 35.6 Å². The summed E-state index contributed by atoms with van der Waals surface area (Å²) in [5.41, 5.74) is 3.73. The second-order valence-corrected chi connectivity index (χ2v) is 7.28. The van der Waals surface area contributed by atoms with Crippen LogP contribution in [0.2, 0.25) is 0 Å². The summed E-state index contributed by atoms with van der Waals surface area (Å²) in [6.07, 6.45) is 8.80. The highest BCUT2D eigenvalue weighted by Gasteiger charge is 2.20. The Morgan fingerprint density at radius 1 is 0.786 bits per heavy atom. The summed E-state index contributed by atoms with van der Waals surface area (Å²) in [7, 11) is 0. The maximum absolute atomic E-state index is 13.0. The molecule has 2 aliphatic heterocycles. The van der Waals surface area contributed by atoms with Crippen molar-refractivity contribution in [1.29, 1.82) is 0 Å². The van der Waals surface area contributed by atoms with Crippen molar-refractivity contribution in [1.82, 2.24) is 15.0 Å². The smallest absolute Gasteiger partial charge is 0.250 e. The van der Waals surface area contributed by atoms with Gasteiger partial charge in [0.25, 0.3) is 0 Å². The minimum Gasteiger partial charge on any atom is -0.341 e. The van der Waals surface area contributed by atoms with E-state index >= 15 is 0 Å². The molecule has 0 bridgehead atoms. The van der Waals surface area contributed by atoms with E-state index in [1.807, 2.05) is 0 Å². The number of halogens is 1. The Labute approximate surface area is 164 Å². The molecule has 0 aliphatic carbocycles. The molecule has 2 aliphatic rings. The Hall–Kier alpha value is -2.77. The van der Waals surface area contributed by atoms with Gasteiger partial charge in [0.1, 0.15) is 5.82 Å². The highest BCUT2D eigenvalue weighted by Crippen LogP contribution is 2.22. The first-order chi connectivity index (χ1) is 13.8. The maximum Gasteiger partial charge on any atom is 0.250 e. The molecule has 8 heteroatoms. The van der Waals surface area contributed by atoms with E-state index in [0.29, 0.717) is 5.95 Å². The van der Waals surface area contributed by atoms with E-state index in [1.165, 1.54) is 25.0 Å². The average molecular weight is 383 g/mol. The van der Waals surface area contributed by atoms with Gasteiger partial charge in [-0.15, -0.1) is 0 Å². The van der Waals surface area contributed by atoms with Gasteiger partial charge < -0.3 is 9.80 Å². The molecule has 148 valence electrons. The zero-order valence-corrected chi connectivity index (χ0v) is 16.0. The molecule has 2 aromatic rings. The number of anilines is 3. The molecule has 1 aromatic heterocycles. The fraction of sp³-hybridized carbons (Fsp3) is 0.500. The first-order valence-corrected chi connectivity index (χ1v) is 10.1. The second kappa shape index (κ2) is 8.95. The second-order valence-electron chi connectivity index (χ2n) is 7.28. The van der Waals surface area contributed by atoms with E-state index < -0.39 is 0 Å². The number of hydrazone groups is 1. The summed E-state index contributed by atoms with van der Waals surface area (Å²) in [6.45, 7) is 3.90. The van der Waals surface area contributed by atoms with Gasteiger partial charge in [-0.25, -0.2) is 9.82 Å². The normalized spacial score (nSPS) is 17.9. The number of hydrogen-bond acceptors (Lipinski definition) is 7. The first kappa shape index (κ1) is 18.6. The summed E-state index contributed by atoms with van der Waals surface area (Å²) >= 11 is 0. The Morgan fingerprint density at radius 3 is 1.86 bits per heavy atom. The quantitative estimate of drug-likeness (QED) is 0.630. The van der Waals surface area contributed by atoms with E-state index in [9.17, 15) is 4.39 Å². The molecule has 0 unspecified atom stereocenters. The van der Waals surface area contributed by atoms with Crippen LogP contribution in [0, 0.1) is 5.82 Å². The lowest BCUT2D eigenvalue weighted by Gasteiger charge is -2.30. The molecule has 7 nitrogen and oxygen atoms in total. The summed E-state index contributed by atoms with van der Waals surface area (Å²) in [5, 5.41) is 4.23. The molecule has 2 fully saturated rings. The molecule has 0 spiro atoms. The Morgan fingerprint density at radius 2 is 1.32 bits per heavy atom. The third-order valence-corrected chi connectivity index (χ3v) is 5.14. The fourth-order valence-electron chi connectivity index (χ4n) is 3.59. The number of benzene rings is 1. The molecular formula is C20H26FN7. The maximum atomic E-state index is 13.0. The van der Waals surface area contributed by atoms with E-state index in [-0.39, 0.29) is 5.82 Å². The van der Waals surface area contributed by atoms with E-state index in [4.69, 9.17) is 4.98 Å². The number of aromatic nitrogens is 3. The lowest BCUT2D eigenvalue weighted by Crippen LogP contribution is -2.34. The van der Waals surface area contributed by atoms with Gasteiger partial charge in [-0.2, -0.15) is 20.1 Å². The zero-order chi connectivity index (χ0) is 19.2. The monoisotopic (exact) mass is 383 g/mol. The Bertz CT molecular complexity index is 760. The lowest BCUT2D eigenvalue weighted by atomic mass is 10.1. The van der Waals surface area contributed by atoms with Crippen molar-refractivity contribution in [2.24, 2.45) is 5.10 Å². The van der Waals surface area contributed by atoms with E-state index in [1.54, 1.807) is 18.3 Å². The molecule has 3 heterocycles. The Balaban J connectivity index is 1.54. The van der Waals surface area contributed by atoms with Gasteiger partial charge in [0.05, 0.1) is 6.21 Å². The lowest BCUT2D eigenvalue weighted by molar-refractivity contribution is 0.556. The van der Waals surface area contributed by atoms with E-state index in [2.05, 4.69) is 30.3 Å². The van der Waals surface area contributed by atoms with Gasteiger partial charge in [-0.1, -0.05) is 12.1 Å². The summed E-state index contributed by atoms with van der Waals surface area (Å²) in [6, 6.07) is 6.17. The number of piperidine rings is 2. The van der Waals surface area contributed by atoms with Crippen molar-refractivity contribution in [2.75, 3.05) is 41.4 Å². The molecule has 0 amide bonds. The number of rotatable bonds is 5. The van der Waals surface area contributed by atoms with Crippen molar-refractivity contribution >= 4 is 24.1 Å². The topological polar surface area (TPSA) is 69.5 Å². The van der Waals surface area contributed by atoms with E-state index in [0.717, 1.165) is 69.3 Å². The van der Waals surface area contributed by atoms with Gasteiger partial charge in [-0.05, 0) is 56.2 Å². The highest BCUT2D eigenvalue weighted by atomic mass is 19.1. The average Bonchev–Trinajstić information content (AvgIpc) is 2.76. The largest absolute Gasteiger partial charge is 0.341 e. The van der Waals surface area contributed by atoms with Crippen LogP contribution >= 0.6 is 0 Å². The van der Waals surface area contributed by atoms with Crippen LogP contribution < -0.4 is 15.2 Å². The number of nitrogens with zero attached hydrogens (tertiary/aromatic N) is 6. The minimum atomic E-state index is -0.264. The van der Waals surface area contributed by atoms with Gasteiger partial charge in [-0.3, -0.25) is 0 Å². The van der Waals surface area contributed by atoms with Gasteiger partial charge in [0, 0.05) is 26.2 Å². The van der Waals surface area contributed by atoms with Crippen LogP contribution in [0.1, 0.15) is 44.1 Å². The molecule has 4 rings (SSSR count). The van der Waals surface area contributed by atoms with Gasteiger partial charge >= 0.3 is 0 Å². The standard InChI is InChI=1S/C20H26FN7/c21-17-9-7-16(8-10-17)15-22-26-18-23-19(27-11-3-1-4-12-27)25-20(24-18)28-13-5-2-6-14-28/h7-10,15H,1-6,11-14H2,(H,23,24,25,26). The fourth-order valence-corrected chi connectivity index (χ4v) is 3.59. The summed E-state index contributed by atoms with van der Waals surface area (Å²) < 4.78 is 13.0. The molecule has 0 radical (unpaired) electrons. The number of hydrogen-bond donors (Lipinski definition) is 1. The highest BCUT2D eigenvalue weighted by molar-refractivity contribution is 5.79. The predicted octanol–water partition coefficient (Wildman–Crippen LogP) is 3.44. The SMILES string of the molecule is Fc1ccc(C=NNc2nc(N3CCCCC3)nc(N3CCCCC3)n2)cc1. The molecule has 1 aromatic carbocycles. The summed E-state index contributed by atoms with van der Waals surface area (Å²) in [5.74, 6) is 1.61. The van der Waals surface area contributed by atoms with Crippen molar-refractivity contribution in [2.45, 2.75) is 38.5 Å². The van der Waals surface area contributed by atoms with Crippen molar-refractivity contribution < 1.29 is 4.39 Å². The van der Waals surface area contributed by atoms with Crippen LogP contribution in [-0.2, 0) is 0 Å². The van der Waals surface area contributed by atoms with Crippen LogP contribution in [0.3, 0.4) is 0 Å². The van der Waals surface area contributed by atoms with Crippen LogP contribution in [0.5, 0.6) is 0 Å². The zero-order valence-electron chi connectivity index (χ0n) is 16.0. The van der Waals surface area contributed by atoms with Crippen molar-refractivity contribution in [3.63, 3.8) is 0 Å². The molecule has 28 heavy (non-hydrogen) atoms. The predicted molar refractivity (Wildman–Crippen MR) is 110 cm³/mol. The third kappa shape index (κ3) is 4.74. The molecular weight excluding hydrogens is 357 g/mol. The molecule has 1 N–H and O–H groups in total. The third-order valence-electron chi connectivity index (χ3n) is 5.14. The molecule has 2 saturated heterocycles. The van der Waals surface area contributed by atoms with Gasteiger partial charge in [0.2, 0.25) is 17.8 Å². The Kier molecular flexibility index (Phi) is 5.94. The van der Waals surface area contributed by atoms with Crippen LogP contribution in [0.15, 0.2) is 29.4 Å². The van der Waals surface area contributed by atoms with Crippen LogP contribution in [0.4, 0.5) is 22.2 Å². The minimum absolute atomic E-state index is 0.264. The van der Waals surface area contributed by atoms with Gasteiger partial charge in [0.15, 0.2) is 0 Å². The van der Waals surface area contributed by atoms with Crippen molar-refractivity contribution in [3.8, 4) is 0 Å². The number of nitrogens with one attached hydrogen (secondary N) is 1.